The van der Waals surface area contributed by atoms with E-state index in [1.165, 1.54) is 57.8 Å². The van der Waals surface area contributed by atoms with Gasteiger partial charge < -0.3 is 8.85 Å². The zero-order valence-electron chi connectivity index (χ0n) is 17.7. The molecule has 0 spiro atoms. The van der Waals surface area contributed by atoms with E-state index in [9.17, 15) is 0 Å². The smallest absolute Gasteiger partial charge is 0.344 e. The molecule has 3 atom stereocenters. The molecule has 2 nitrogen and oxygen atoms in total. The third-order valence-corrected chi connectivity index (χ3v) is 11.1. The van der Waals surface area contributed by atoms with Gasteiger partial charge in [0.25, 0.3) is 0 Å². The second-order valence-electron chi connectivity index (χ2n) is 9.55. The average molecular weight is 369 g/mol. The molecule has 148 valence electrons. The Morgan fingerprint density at radius 1 is 0.840 bits per heavy atom. The maximum absolute atomic E-state index is 6.93. The van der Waals surface area contributed by atoms with Gasteiger partial charge in [0.2, 0.25) is 0 Å². The van der Waals surface area contributed by atoms with Crippen LogP contribution in [0.3, 0.4) is 0 Å². The van der Waals surface area contributed by atoms with Crippen LogP contribution in [0.2, 0.25) is 11.1 Å². The Morgan fingerprint density at radius 2 is 1.44 bits per heavy atom. The summed E-state index contributed by atoms with van der Waals surface area (Å²) >= 11 is 0. The zero-order valence-corrected chi connectivity index (χ0v) is 18.7. The first-order chi connectivity index (χ1) is 12.0. The number of hydrogen-bond donors (Lipinski definition) is 0. The van der Waals surface area contributed by atoms with Crippen molar-refractivity contribution >= 4 is 8.56 Å². The van der Waals surface area contributed by atoms with Crippen molar-refractivity contribution in [1.82, 2.24) is 0 Å². The normalized spacial score (nSPS) is 31.2. The summed E-state index contributed by atoms with van der Waals surface area (Å²) in [6.45, 7) is 13.6. The molecule has 0 aromatic rings. The fourth-order valence-electron chi connectivity index (χ4n) is 5.34. The highest BCUT2D eigenvalue weighted by molar-refractivity contribution is 6.70. The molecule has 2 saturated carbocycles. The highest BCUT2D eigenvalue weighted by Gasteiger charge is 2.53. The Labute approximate surface area is 158 Å². The maximum Gasteiger partial charge on any atom is 0.344 e. The second kappa shape index (κ2) is 10.5. The van der Waals surface area contributed by atoms with Gasteiger partial charge in [-0.15, -0.1) is 0 Å². The topological polar surface area (TPSA) is 18.5 Å². The van der Waals surface area contributed by atoms with E-state index in [1.807, 2.05) is 0 Å². The molecular formula is C22H44O2Si. The summed E-state index contributed by atoms with van der Waals surface area (Å²) < 4.78 is 13.8. The monoisotopic (exact) mass is 368 g/mol. The van der Waals surface area contributed by atoms with E-state index < -0.39 is 8.56 Å². The van der Waals surface area contributed by atoms with E-state index in [-0.39, 0.29) is 0 Å². The Kier molecular flexibility index (Phi) is 8.97. The Morgan fingerprint density at radius 3 is 2.00 bits per heavy atom. The van der Waals surface area contributed by atoms with E-state index in [1.54, 1.807) is 0 Å². The van der Waals surface area contributed by atoms with Crippen LogP contribution in [0.1, 0.15) is 98.8 Å². The third-order valence-electron chi connectivity index (χ3n) is 6.48. The van der Waals surface area contributed by atoms with Gasteiger partial charge in [0, 0.05) is 24.3 Å². The summed E-state index contributed by atoms with van der Waals surface area (Å²) in [7, 11) is -2.17. The van der Waals surface area contributed by atoms with E-state index in [0.29, 0.717) is 11.5 Å². The van der Waals surface area contributed by atoms with Crippen molar-refractivity contribution in [3.05, 3.63) is 0 Å². The van der Waals surface area contributed by atoms with Crippen LogP contribution in [0.15, 0.2) is 0 Å². The standard InChI is InChI=1S/C22H44O2Si/c1-6-13-23-25(24-14-12-18(2)3,21-10-8-7-9-11-21)22-16-19(4)15-20(5)17-22/h18-22H,6-17H2,1-5H3. The fourth-order valence-corrected chi connectivity index (χ4v) is 10.7. The van der Waals surface area contributed by atoms with Gasteiger partial charge in [0.15, 0.2) is 0 Å². The summed E-state index contributed by atoms with van der Waals surface area (Å²) in [6.07, 6.45) is 13.3. The van der Waals surface area contributed by atoms with E-state index >= 15 is 0 Å². The van der Waals surface area contributed by atoms with Gasteiger partial charge in [-0.3, -0.25) is 0 Å². The maximum atomic E-state index is 6.93. The highest BCUT2D eigenvalue weighted by atomic mass is 28.4. The highest BCUT2D eigenvalue weighted by Crippen LogP contribution is 2.51. The molecule has 2 rings (SSSR count). The predicted octanol–water partition coefficient (Wildman–Crippen LogP) is 7.08. The molecule has 2 aliphatic carbocycles. The van der Waals surface area contributed by atoms with Crippen molar-refractivity contribution in [3.63, 3.8) is 0 Å². The largest absolute Gasteiger partial charge is 0.394 e. The quantitative estimate of drug-likeness (QED) is 0.405. The van der Waals surface area contributed by atoms with Gasteiger partial charge in [0.1, 0.15) is 0 Å². The molecule has 2 fully saturated rings. The van der Waals surface area contributed by atoms with Gasteiger partial charge in [-0.25, -0.2) is 0 Å². The van der Waals surface area contributed by atoms with Crippen molar-refractivity contribution in [3.8, 4) is 0 Å². The summed E-state index contributed by atoms with van der Waals surface area (Å²) in [5, 5.41) is 0. The fraction of sp³-hybridized carbons (Fsp3) is 1.00. The number of rotatable bonds is 9. The Hall–Kier alpha value is 0.137. The first-order valence-electron chi connectivity index (χ1n) is 11.3. The van der Waals surface area contributed by atoms with Crippen LogP contribution in [0, 0.1) is 17.8 Å². The number of hydrogen-bond acceptors (Lipinski definition) is 2. The average Bonchev–Trinajstić information content (AvgIpc) is 2.57. The molecule has 0 heterocycles. The Bertz CT molecular complexity index is 357. The lowest BCUT2D eigenvalue weighted by Crippen LogP contribution is -2.53. The minimum atomic E-state index is -2.17. The Balaban J connectivity index is 2.23. The minimum Gasteiger partial charge on any atom is -0.394 e. The van der Waals surface area contributed by atoms with E-state index in [2.05, 4.69) is 34.6 Å². The molecular weight excluding hydrogens is 324 g/mol. The molecule has 2 aliphatic rings. The molecule has 0 radical (unpaired) electrons. The second-order valence-corrected chi connectivity index (χ2v) is 13.2. The van der Waals surface area contributed by atoms with Crippen LogP contribution in [-0.2, 0) is 8.85 Å². The molecule has 3 heteroatoms. The van der Waals surface area contributed by atoms with Gasteiger partial charge in [-0.05, 0) is 62.7 Å². The molecule has 0 bridgehead atoms. The summed E-state index contributed by atoms with van der Waals surface area (Å²) in [5.74, 6) is 2.39. The van der Waals surface area contributed by atoms with Crippen molar-refractivity contribution in [2.24, 2.45) is 17.8 Å². The summed E-state index contributed by atoms with van der Waals surface area (Å²) in [6, 6.07) is 0. The van der Waals surface area contributed by atoms with Crippen LogP contribution in [0.25, 0.3) is 0 Å². The summed E-state index contributed by atoms with van der Waals surface area (Å²) in [4.78, 5) is 0. The van der Waals surface area contributed by atoms with Crippen molar-refractivity contribution in [2.75, 3.05) is 13.2 Å². The first-order valence-corrected chi connectivity index (χ1v) is 13.2. The zero-order chi connectivity index (χ0) is 18.3. The van der Waals surface area contributed by atoms with Crippen LogP contribution < -0.4 is 0 Å². The molecule has 25 heavy (non-hydrogen) atoms. The van der Waals surface area contributed by atoms with Gasteiger partial charge in [-0.1, -0.05) is 53.9 Å². The first kappa shape index (κ1) is 21.4. The van der Waals surface area contributed by atoms with E-state index in [4.69, 9.17) is 8.85 Å². The van der Waals surface area contributed by atoms with Crippen molar-refractivity contribution in [1.29, 1.82) is 0 Å². The molecule has 0 aromatic heterocycles. The van der Waals surface area contributed by atoms with Gasteiger partial charge in [0.05, 0.1) is 0 Å². The van der Waals surface area contributed by atoms with Crippen LogP contribution in [0.4, 0.5) is 0 Å². The SMILES string of the molecule is CCCO[Si](OCCC(C)C)(C1CCCCC1)C1CC(C)CC(C)C1. The lowest BCUT2D eigenvalue weighted by molar-refractivity contribution is 0.118. The molecule has 0 saturated heterocycles. The van der Waals surface area contributed by atoms with Gasteiger partial charge >= 0.3 is 8.56 Å². The minimum absolute atomic E-state index is 0.716. The predicted molar refractivity (Wildman–Crippen MR) is 110 cm³/mol. The lowest BCUT2D eigenvalue weighted by Gasteiger charge is -2.47. The molecule has 3 unspecified atom stereocenters. The molecule has 0 aromatic carbocycles. The van der Waals surface area contributed by atoms with Crippen molar-refractivity contribution < 1.29 is 8.85 Å². The third kappa shape index (κ3) is 6.07. The van der Waals surface area contributed by atoms with E-state index in [0.717, 1.165) is 37.0 Å². The van der Waals surface area contributed by atoms with Crippen molar-refractivity contribution in [2.45, 2.75) is 110 Å². The lowest BCUT2D eigenvalue weighted by atomic mass is 9.83. The molecule has 0 amide bonds. The van der Waals surface area contributed by atoms with Gasteiger partial charge in [-0.2, -0.15) is 0 Å². The molecule has 0 N–H and O–H groups in total. The molecule has 0 aliphatic heterocycles. The van der Waals surface area contributed by atoms with Crippen LogP contribution in [-0.4, -0.2) is 21.8 Å². The van der Waals surface area contributed by atoms with Crippen LogP contribution >= 0.6 is 0 Å². The van der Waals surface area contributed by atoms with Crippen LogP contribution in [0.5, 0.6) is 0 Å². The summed E-state index contributed by atoms with van der Waals surface area (Å²) in [5.41, 5.74) is 1.45.